The first-order valence-corrected chi connectivity index (χ1v) is 7.35. The van der Waals surface area contributed by atoms with Crippen molar-refractivity contribution in [2.75, 3.05) is 25.4 Å². The van der Waals surface area contributed by atoms with Gasteiger partial charge in [-0.15, -0.1) is 0 Å². The molecule has 4 unspecified atom stereocenters. The minimum atomic E-state index is 0.219. The van der Waals surface area contributed by atoms with Crippen LogP contribution in [0.2, 0.25) is 0 Å². The Bertz CT molecular complexity index is 241. The van der Waals surface area contributed by atoms with Crippen LogP contribution in [0, 0.1) is 0 Å². The molecule has 0 aromatic rings. The molecule has 2 heterocycles. The number of morpholine rings is 1. The lowest BCUT2D eigenvalue weighted by molar-refractivity contribution is -0.0996. The van der Waals surface area contributed by atoms with E-state index in [9.17, 15) is 0 Å². The molecule has 0 radical (unpaired) electrons. The highest BCUT2D eigenvalue weighted by Gasteiger charge is 2.46. The van der Waals surface area contributed by atoms with Crippen LogP contribution in [0.3, 0.4) is 0 Å². The first kappa shape index (κ1) is 12.7. The molecule has 94 valence electrons. The fourth-order valence-corrected chi connectivity index (χ4v) is 4.62. The van der Waals surface area contributed by atoms with Gasteiger partial charge in [-0.25, -0.2) is 0 Å². The minimum absolute atomic E-state index is 0.219. The van der Waals surface area contributed by atoms with Crippen molar-refractivity contribution in [1.29, 1.82) is 0 Å². The molecule has 4 heteroatoms. The highest BCUT2D eigenvalue weighted by atomic mass is 32.2. The van der Waals surface area contributed by atoms with E-state index in [2.05, 4.69) is 37.4 Å². The standard InChI is InChI=1S/C12H24N2OS/c1-9-6-14(7-10(2)15-9)12(8-13)4-5-16-11(12)3/h9-11H,4-8,13H2,1-3H3. The summed E-state index contributed by atoms with van der Waals surface area (Å²) in [6.07, 6.45) is 1.91. The van der Waals surface area contributed by atoms with E-state index < -0.39 is 0 Å². The fourth-order valence-electron chi connectivity index (χ4n) is 3.12. The zero-order valence-corrected chi connectivity index (χ0v) is 11.4. The molecule has 4 atom stereocenters. The van der Waals surface area contributed by atoms with Gasteiger partial charge in [0.25, 0.3) is 0 Å². The van der Waals surface area contributed by atoms with Crippen LogP contribution in [0.1, 0.15) is 27.2 Å². The Kier molecular flexibility index (Phi) is 3.84. The van der Waals surface area contributed by atoms with Gasteiger partial charge >= 0.3 is 0 Å². The van der Waals surface area contributed by atoms with E-state index >= 15 is 0 Å². The van der Waals surface area contributed by atoms with Gasteiger partial charge in [-0.2, -0.15) is 11.8 Å². The van der Waals surface area contributed by atoms with Crippen LogP contribution >= 0.6 is 11.8 Å². The summed E-state index contributed by atoms with van der Waals surface area (Å²) in [5.41, 5.74) is 6.30. The molecular formula is C12H24N2OS. The maximum absolute atomic E-state index is 6.09. The van der Waals surface area contributed by atoms with Crippen molar-refractivity contribution in [3.63, 3.8) is 0 Å². The molecule has 0 aliphatic carbocycles. The molecule has 2 fully saturated rings. The Hall–Kier alpha value is 0.230. The fraction of sp³-hybridized carbons (Fsp3) is 1.00. The van der Waals surface area contributed by atoms with Crippen LogP contribution in [-0.2, 0) is 4.74 Å². The van der Waals surface area contributed by atoms with Crippen LogP contribution in [0.4, 0.5) is 0 Å². The van der Waals surface area contributed by atoms with Crippen LogP contribution in [0.15, 0.2) is 0 Å². The molecule has 2 N–H and O–H groups in total. The topological polar surface area (TPSA) is 38.5 Å². The van der Waals surface area contributed by atoms with Gasteiger partial charge in [0.15, 0.2) is 0 Å². The molecule has 0 aromatic heterocycles. The van der Waals surface area contributed by atoms with Gasteiger partial charge in [0.05, 0.1) is 12.2 Å². The first-order valence-electron chi connectivity index (χ1n) is 6.30. The summed E-state index contributed by atoms with van der Waals surface area (Å²) < 4.78 is 5.81. The minimum Gasteiger partial charge on any atom is -0.373 e. The van der Waals surface area contributed by atoms with Crippen LogP contribution in [0.25, 0.3) is 0 Å². The summed E-state index contributed by atoms with van der Waals surface area (Å²) in [4.78, 5) is 2.59. The third-order valence-electron chi connectivity index (χ3n) is 4.06. The maximum Gasteiger partial charge on any atom is 0.0678 e. The van der Waals surface area contributed by atoms with Gasteiger partial charge < -0.3 is 10.5 Å². The monoisotopic (exact) mass is 244 g/mol. The van der Waals surface area contributed by atoms with Crippen LogP contribution in [0.5, 0.6) is 0 Å². The second-order valence-electron chi connectivity index (χ2n) is 5.23. The number of rotatable bonds is 2. The summed E-state index contributed by atoms with van der Waals surface area (Å²) in [7, 11) is 0. The maximum atomic E-state index is 6.09. The largest absolute Gasteiger partial charge is 0.373 e. The third-order valence-corrected chi connectivity index (χ3v) is 5.44. The second kappa shape index (κ2) is 4.84. The van der Waals surface area contributed by atoms with Crippen molar-refractivity contribution >= 4 is 11.8 Å². The molecule has 0 spiro atoms. The van der Waals surface area contributed by atoms with Crippen molar-refractivity contribution in [2.45, 2.75) is 50.2 Å². The smallest absolute Gasteiger partial charge is 0.0678 e. The van der Waals surface area contributed by atoms with Crippen LogP contribution in [-0.4, -0.2) is 53.3 Å². The van der Waals surface area contributed by atoms with E-state index in [1.807, 2.05) is 0 Å². The van der Waals surface area contributed by atoms with E-state index in [1.54, 1.807) is 0 Å². The van der Waals surface area contributed by atoms with E-state index in [0.717, 1.165) is 19.6 Å². The van der Waals surface area contributed by atoms with Crippen molar-refractivity contribution < 1.29 is 4.74 Å². The van der Waals surface area contributed by atoms with Crippen molar-refractivity contribution in [1.82, 2.24) is 4.90 Å². The summed E-state index contributed by atoms with van der Waals surface area (Å²) in [6.45, 7) is 9.51. The molecule has 3 nitrogen and oxygen atoms in total. The van der Waals surface area contributed by atoms with Gasteiger partial charge in [-0.05, 0) is 26.0 Å². The van der Waals surface area contributed by atoms with Gasteiger partial charge in [-0.3, -0.25) is 4.90 Å². The summed E-state index contributed by atoms with van der Waals surface area (Å²) in [5, 5.41) is 0.648. The zero-order valence-electron chi connectivity index (χ0n) is 10.6. The molecule has 16 heavy (non-hydrogen) atoms. The lowest BCUT2D eigenvalue weighted by atomic mass is 9.89. The molecule has 0 bridgehead atoms. The van der Waals surface area contributed by atoms with Gasteiger partial charge in [0, 0.05) is 30.4 Å². The number of hydrogen-bond acceptors (Lipinski definition) is 4. The van der Waals surface area contributed by atoms with E-state index in [1.165, 1.54) is 12.2 Å². The Labute approximate surface area is 103 Å². The number of hydrogen-bond donors (Lipinski definition) is 1. The average Bonchev–Trinajstić information content (AvgIpc) is 2.59. The quantitative estimate of drug-likeness (QED) is 0.795. The van der Waals surface area contributed by atoms with Gasteiger partial charge in [-0.1, -0.05) is 6.92 Å². The SMILES string of the molecule is CC1CN(C2(CN)CCSC2C)CC(C)O1. The molecule has 0 saturated carbocycles. The molecule has 2 aliphatic rings. The molecule has 2 aliphatic heterocycles. The van der Waals surface area contributed by atoms with E-state index in [0.29, 0.717) is 17.5 Å². The molecule has 0 amide bonds. The van der Waals surface area contributed by atoms with Crippen LogP contribution < -0.4 is 5.73 Å². The highest BCUT2D eigenvalue weighted by molar-refractivity contribution is 8.00. The number of ether oxygens (including phenoxy) is 1. The number of thioether (sulfide) groups is 1. The predicted molar refractivity (Wildman–Crippen MR) is 69.9 cm³/mol. The Morgan fingerprint density at radius 2 is 1.94 bits per heavy atom. The predicted octanol–water partition coefficient (Wildman–Crippen LogP) is 1.32. The van der Waals surface area contributed by atoms with Crippen molar-refractivity contribution in [3.05, 3.63) is 0 Å². The van der Waals surface area contributed by atoms with Gasteiger partial charge in [0.2, 0.25) is 0 Å². The number of nitrogens with two attached hydrogens (primary N) is 1. The van der Waals surface area contributed by atoms with E-state index in [4.69, 9.17) is 10.5 Å². The summed E-state index contributed by atoms with van der Waals surface area (Å²) in [6, 6.07) is 0. The summed E-state index contributed by atoms with van der Waals surface area (Å²) >= 11 is 2.06. The first-order chi connectivity index (χ1) is 7.58. The Morgan fingerprint density at radius 1 is 1.31 bits per heavy atom. The Balaban J connectivity index is 2.14. The molecular weight excluding hydrogens is 220 g/mol. The van der Waals surface area contributed by atoms with E-state index in [-0.39, 0.29) is 5.54 Å². The zero-order chi connectivity index (χ0) is 11.8. The Morgan fingerprint density at radius 3 is 2.38 bits per heavy atom. The lowest BCUT2D eigenvalue weighted by Crippen LogP contribution is -2.63. The molecule has 0 aromatic carbocycles. The lowest BCUT2D eigenvalue weighted by Gasteiger charge is -2.48. The normalized spacial score (nSPS) is 46.1. The van der Waals surface area contributed by atoms with Gasteiger partial charge in [0.1, 0.15) is 0 Å². The number of nitrogens with zero attached hydrogens (tertiary/aromatic N) is 1. The van der Waals surface area contributed by atoms with Crippen molar-refractivity contribution in [3.8, 4) is 0 Å². The highest BCUT2D eigenvalue weighted by Crippen LogP contribution is 2.40. The summed E-state index contributed by atoms with van der Waals surface area (Å²) in [5.74, 6) is 1.25. The second-order valence-corrected chi connectivity index (χ2v) is 6.68. The molecule has 2 saturated heterocycles. The average molecular weight is 244 g/mol. The van der Waals surface area contributed by atoms with Crippen molar-refractivity contribution in [2.24, 2.45) is 5.73 Å². The third kappa shape index (κ3) is 2.13. The molecule has 2 rings (SSSR count).